The van der Waals surface area contributed by atoms with Crippen LogP contribution in [-0.2, 0) is 10.2 Å². The Morgan fingerprint density at radius 1 is 1.19 bits per heavy atom. The summed E-state index contributed by atoms with van der Waals surface area (Å²) in [5.41, 5.74) is 1.07. The van der Waals surface area contributed by atoms with Crippen LogP contribution in [0.2, 0.25) is 0 Å². The lowest BCUT2D eigenvalue weighted by molar-refractivity contribution is -0.118. The number of aliphatic hydroxyl groups excluding tert-OH is 1. The predicted octanol–water partition coefficient (Wildman–Crippen LogP) is 2.01. The fourth-order valence-corrected chi connectivity index (χ4v) is 1.77. The number of hydrogen-bond acceptors (Lipinski definition) is 4. The molecule has 0 radical (unpaired) electrons. The highest BCUT2D eigenvalue weighted by Crippen LogP contribution is 2.38. The zero-order chi connectivity index (χ0) is 16.2. The molecule has 0 spiro atoms. The zero-order valence-electron chi connectivity index (χ0n) is 12.5. The van der Waals surface area contributed by atoms with Crippen LogP contribution in [0.3, 0.4) is 0 Å². The van der Waals surface area contributed by atoms with E-state index in [1.807, 2.05) is 20.8 Å². The van der Waals surface area contributed by atoms with Crippen molar-refractivity contribution in [1.29, 1.82) is 0 Å². The number of anilines is 2. The first kappa shape index (κ1) is 16.8. The highest BCUT2D eigenvalue weighted by Gasteiger charge is 2.21. The number of nitrogens with one attached hydrogen (secondary N) is 2. The van der Waals surface area contributed by atoms with Gasteiger partial charge in [0.1, 0.15) is 6.61 Å². The SMILES string of the molecule is COc1c(NC(=O)O)cc(C(C)(C)C)cc1NC(=O)CO. The number of aliphatic hydroxyl groups is 1. The number of amides is 2. The molecule has 1 aromatic rings. The van der Waals surface area contributed by atoms with Gasteiger partial charge in [0.05, 0.1) is 18.5 Å². The average Bonchev–Trinajstić information content (AvgIpc) is 2.36. The van der Waals surface area contributed by atoms with E-state index in [-0.39, 0.29) is 16.9 Å². The fourth-order valence-electron chi connectivity index (χ4n) is 1.77. The molecular weight excluding hydrogens is 276 g/mol. The summed E-state index contributed by atoms with van der Waals surface area (Å²) in [5.74, 6) is -0.423. The first-order valence-electron chi connectivity index (χ1n) is 6.32. The van der Waals surface area contributed by atoms with Gasteiger partial charge in [-0.25, -0.2) is 4.79 Å². The third-order valence-electron chi connectivity index (χ3n) is 2.82. The topological polar surface area (TPSA) is 108 Å². The molecule has 0 aliphatic rings. The largest absolute Gasteiger partial charge is 0.492 e. The Balaban J connectivity index is 3.43. The van der Waals surface area contributed by atoms with Crippen LogP contribution in [0.4, 0.5) is 16.2 Å². The molecule has 0 saturated carbocycles. The molecule has 0 aliphatic carbocycles. The van der Waals surface area contributed by atoms with Crippen molar-refractivity contribution in [2.45, 2.75) is 26.2 Å². The van der Waals surface area contributed by atoms with E-state index in [0.29, 0.717) is 5.69 Å². The van der Waals surface area contributed by atoms with E-state index in [1.54, 1.807) is 12.1 Å². The summed E-state index contributed by atoms with van der Waals surface area (Å²) in [6, 6.07) is 3.35. The van der Waals surface area contributed by atoms with Gasteiger partial charge >= 0.3 is 6.09 Å². The summed E-state index contributed by atoms with van der Waals surface area (Å²) in [7, 11) is 1.37. The molecule has 0 unspecified atom stereocenters. The van der Waals surface area contributed by atoms with Crippen molar-refractivity contribution in [2.24, 2.45) is 0 Å². The van der Waals surface area contributed by atoms with Crippen LogP contribution >= 0.6 is 0 Å². The van der Waals surface area contributed by atoms with Crippen molar-refractivity contribution >= 4 is 23.4 Å². The van der Waals surface area contributed by atoms with Crippen LogP contribution < -0.4 is 15.4 Å². The van der Waals surface area contributed by atoms with E-state index in [4.69, 9.17) is 14.9 Å². The van der Waals surface area contributed by atoms with Crippen molar-refractivity contribution in [3.63, 3.8) is 0 Å². The smallest absolute Gasteiger partial charge is 0.409 e. The first-order valence-corrected chi connectivity index (χ1v) is 6.32. The second-order valence-electron chi connectivity index (χ2n) is 5.49. The van der Waals surface area contributed by atoms with Crippen LogP contribution in [0.5, 0.6) is 5.75 Å². The highest BCUT2D eigenvalue weighted by atomic mass is 16.5. The maximum Gasteiger partial charge on any atom is 0.409 e. The Hall–Kier alpha value is -2.28. The van der Waals surface area contributed by atoms with Gasteiger partial charge in [-0.15, -0.1) is 0 Å². The maximum absolute atomic E-state index is 11.4. The number of carbonyl (C=O) groups is 2. The normalized spacial score (nSPS) is 10.9. The molecule has 7 nitrogen and oxygen atoms in total. The summed E-state index contributed by atoms with van der Waals surface area (Å²) < 4.78 is 5.17. The lowest BCUT2D eigenvalue weighted by atomic mass is 9.86. The van der Waals surface area contributed by atoms with E-state index < -0.39 is 18.6 Å². The number of hydrogen-bond donors (Lipinski definition) is 4. The Labute approximate surface area is 122 Å². The second kappa shape index (κ2) is 6.45. The molecule has 7 heteroatoms. The Morgan fingerprint density at radius 2 is 1.71 bits per heavy atom. The quantitative estimate of drug-likeness (QED) is 0.680. The minimum Gasteiger partial charge on any atom is -0.492 e. The molecule has 116 valence electrons. The van der Waals surface area contributed by atoms with Gasteiger partial charge in [-0.2, -0.15) is 0 Å². The Morgan fingerprint density at radius 3 is 2.10 bits per heavy atom. The molecule has 0 aromatic heterocycles. The van der Waals surface area contributed by atoms with Gasteiger partial charge in [-0.05, 0) is 23.1 Å². The van der Waals surface area contributed by atoms with E-state index in [9.17, 15) is 9.59 Å². The number of methoxy groups -OCH3 is 1. The number of carbonyl (C=O) groups excluding carboxylic acids is 1. The Kier molecular flexibility index (Phi) is 5.15. The van der Waals surface area contributed by atoms with Crippen molar-refractivity contribution in [3.05, 3.63) is 17.7 Å². The summed E-state index contributed by atoms with van der Waals surface area (Å²) in [6.45, 7) is 5.19. The summed E-state index contributed by atoms with van der Waals surface area (Å²) in [4.78, 5) is 22.3. The van der Waals surface area contributed by atoms with Gasteiger partial charge < -0.3 is 20.3 Å². The monoisotopic (exact) mass is 296 g/mol. The zero-order valence-corrected chi connectivity index (χ0v) is 12.5. The van der Waals surface area contributed by atoms with Gasteiger partial charge in [-0.1, -0.05) is 20.8 Å². The third-order valence-corrected chi connectivity index (χ3v) is 2.82. The van der Waals surface area contributed by atoms with Gasteiger partial charge in [0.25, 0.3) is 0 Å². The molecule has 1 rings (SSSR count). The lowest BCUT2D eigenvalue weighted by Gasteiger charge is -2.23. The molecule has 0 saturated heterocycles. The predicted molar refractivity (Wildman–Crippen MR) is 79.1 cm³/mol. The summed E-state index contributed by atoms with van der Waals surface area (Å²) in [5, 5.41) is 22.5. The van der Waals surface area contributed by atoms with E-state index in [1.165, 1.54) is 7.11 Å². The number of ether oxygens (including phenoxy) is 1. The van der Waals surface area contributed by atoms with Gasteiger partial charge in [0.15, 0.2) is 5.75 Å². The van der Waals surface area contributed by atoms with Gasteiger partial charge in [0, 0.05) is 0 Å². The standard InChI is InChI=1S/C14H20N2O5/c1-14(2,3)8-5-9(15-11(18)7-17)12(21-4)10(6-8)16-13(19)20/h5-6,16-17H,7H2,1-4H3,(H,15,18)(H,19,20). The first-order chi connectivity index (χ1) is 9.68. The maximum atomic E-state index is 11.4. The lowest BCUT2D eigenvalue weighted by Crippen LogP contribution is -2.19. The molecule has 0 bridgehead atoms. The fraction of sp³-hybridized carbons (Fsp3) is 0.429. The minimum atomic E-state index is -1.24. The Bertz CT molecular complexity index is 549. The van der Waals surface area contributed by atoms with Gasteiger partial charge in [0.2, 0.25) is 5.91 Å². The molecule has 2 amide bonds. The van der Waals surface area contributed by atoms with Crippen LogP contribution in [0.15, 0.2) is 12.1 Å². The van der Waals surface area contributed by atoms with Crippen molar-refractivity contribution in [3.8, 4) is 5.75 Å². The van der Waals surface area contributed by atoms with Crippen LogP contribution in [0.1, 0.15) is 26.3 Å². The van der Waals surface area contributed by atoms with E-state index >= 15 is 0 Å². The summed E-state index contributed by atoms with van der Waals surface area (Å²) in [6.07, 6.45) is -1.24. The molecule has 0 heterocycles. The van der Waals surface area contributed by atoms with E-state index in [0.717, 1.165) is 5.56 Å². The molecule has 4 N–H and O–H groups in total. The second-order valence-corrected chi connectivity index (χ2v) is 5.49. The minimum absolute atomic E-state index is 0.187. The average molecular weight is 296 g/mol. The third kappa shape index (κ3) is 4.35. The molecule has 0 aliphatic heterocycles. The van der Waals surface area contributed by atoms with Crippen LogP contribution in [-0.4, -0.2) is 35.9 Å². The number of rotatable bonds is 4. The number of benzene rings is 1. The van der Waals surface area contributed by atoms with Crippen molar-refractivity contribution in [2.75, 3.05) is 24.4 Å². The number of carboxylic acid groups (broad SMARTS) is 1. The van der Waals surface area contributed by atoms with Crippen molar-refractivity contribution in [1.82, 2.24) is 0 Å². The van der Waals surface area contributed by atoms with E-state index in [2.05, 4.69) is 10.6 Å². The molecule has 21 heavy (non-hydrogen) atoms. The van der Waals surface area contributed by atoms with Crippen molar-refractivity contribution < 1.29 is 24.5 Å². The summed E-state index contributed by atoms with van der Waals surface area (Å²) >= 11 is 0. The highest BCUT2D eigenvalue weighted by molar-refractivity contribution is 5.96. The molecule has 1 aromatic carbocycles. The molecule has 0 atom stereocenters. The van der Waals surface area contributed by atoms with Crippen LogP contribution in [0.25, 0.3) is 0 Å². The molecular formula is C14H20N2O5. The molecule has 0 fully saturated rings. The van der Waals surface area contributed by atoms with Crippen LogP contribution in [0, 0.1) is 0 Å². The van der Waals surface area contributed by atoms with Gasteiger partial charge in [-0.3, -0.25) is 10.1 Å².